The summed E-state index contributed by atoms with van der Waals surface area (Å²) in [5.41, 5.74) is 0.688. The van der Waals surface area contributed by atoms with Gasteiger partial charge < -0.3 is 14.4 Å². The fourth-order valence-corrected chi connectivity index (χ4v) is 5.93. The molecular weight excluding hydrogens is 491 g/mol. The summed E-state index contributed by atoms with van der Waals surface area (Å²) in [6.07, 6.45) is 4.59. The van der Waals surface area contributed by atoms with Crippen LogP contribution < -0.4 is 9.62 Å². The van der Waals surface area contributed by atoms with Crippen LogP contribution in [0.1, 0.15) is 13.0 Å². The molecule has 35 heavy (non-hydrogen) atoms. The third-order valence-corrected chi connectivity index (χ3v) is 8.23. The molecule has 4 heterocycles. The number of amides is 1. The van der Waals surface area contributed by atoms with E-state index >= 15 is 0 Å². The average Bonchev–Trinajstić information content (AvgIpc) is 3.54. The number of nitrogens with one attached hydrogen (secondary N) is 1. The number of hydrogen-bond acceptors (Lipinski definition) is 7. The maximum Gasteiger partial charge on any atom is 0.265 e. The van der Waals surface area contributed by atoms with Crippen molar-refractivity contribution in [2.75, 3.05) is 35.8 Å². The zero-order valence-corrected chi connectivity index (χ0v) is 20.5. The lowest BCUT2D eigenvalue weighted by molar-refractivity contribution is -0.134. The van der Waals surface area contributed by atoms with Gasteiger partial charge in [-0.2, -0.15) is 0 Å². The third-order valence-electron chi connectivity index (χ3n) is 6.08. The molecule has 1 saturated heterocycles. The van der Waals surface area contributed by atoms with Crippen molar-refractivity contribution < 1.29 is 17.6 Å². The molecule has 182 valence electrons. The highest BCUT2D eigenvalue weighted by Gasteiger charge is 2.27. The summed E-state index contributed by atoms with van der Waals surface area (Å²) in [5.74, 6) is 0.305. The van der Waals surface area contributed by atoms with Gasteiger partial charge in [0.15, 0.2) is 5.13 Å². The van der Waals surface area contributed by atoms with Gasteiger partial charge >= 0.3 is 0 Å². The van der Waals surface area contributed by atoms with Gasteiger partial charge in [0.25, 0.3) is 10.0 Å². The van der Waals surface area contributed by atoms with Gasteiger partial charge in [-0.3, -0.25) is 9.52 Å². The molecule has 1 amide bonds. The average molecular weight is 515 g/mol. The van der Waals surface area contributed by atoms with Crippen molar-refractivity contribution in [2.24, 2.45) is 0 Å². The number of hydrogen-bond donors (Lipinski definition) is 1. The number of rotatable bonds is 6. The van der Waals surface area contributed by atoms with Gasteiger partial charge in [-0.25, -0.2) is 22.8 Å². The lowest BCUT2D eigenvalue weighted by atomic mass is 10.2. The molecular formula is C23H23FN6O3S2. The molecule has 5 rings (SSSR count). The Hall–Kier alpha value is -3.51. The molecule has 0 spiro atoms. The Bertz CT molecular complexity index is 1450. The van der Waals surface area contributed by atoms with Gasteiger partial charge in [-0.1, -0.05) is 6.07 Å². The summed E-state index contributed by atoms with van der Waals surface area (Å²) in [6, 6.07) is 9.25. The second-order valence-corrected chi connectivity index (χ2v) is 10.8. The van der Waals surface area contributed by atoms with Gasteiger partial charge in [0.2, 0.25) is 5.91 Å². The molecule has 1 aromatic carbocycles. The minimum atomic E-state index is -3.76. The summed E-state index contributed by atoms with van der Waals surface area (Å²) < 4.78 is 43.3. The highest BCUT2D eigenvalue weighted by atomic mass is 32.2. The molecule has 1 fully saturated rings. The molecule has 0 aliphatic carbocycles. The highest BCUT2D eigenvalue weighted by Crippen LogP contribution is 2.25. The van der Waals surface area contributed by atoms with Crippen molar-refractivity contribution >= 4 is 49.1 Å². The van der Waals surface area contributed by atoms with Crippen molar-refractivity contribution in [3.8, 4) is 0 Å². The van der Waals surface area contributed by atoms with Crippen LogP contribution in [0.5, 0.6) is 0 Å². The molecule has 0 unspecified atom stereocenters. The van der Waals surface area contributed by atoms with E-state index in [0.717, 1.165) is 0 Å². The number of carbonyl (C=O) groups is 1. The molecule has 0 saturated carbocycles. The number of carbonyl (C=O) groups excluding carboxylic acids is 1. The topological polar surface area (TPSA) is 100 Å². The molecule has 0 radical (unpaired) electrons. The Morgan fingerprint density at radius 2 is 1.91 bits per heavy atom. The summed E-state index contributed by atoms with van der Waals surface area (Å²) in [7, 11) is -3.76. The second-order valence-electron chi connectivity index (χ2n) is 8.18. The van der Waals surface area contributed by atoms with Crippen LogP contribution in [0.2, 0.25) is 0 Å². The van der Waals surface area contributed by atoms with Crippen LogP contribution in [0.3, 0.4) is 0 Å². The monoisotopic (exact) mass is 514 g/mol. The summed E-state index contributed by atoms with van der Waals surface area (Å²) in [4.78, 5) is 25.3. The molecule has 4 aromatic rings. The number of piperazine rings is 1. The van der Waals surface area contributed by atoms with E-state index in [1.807, 2.05) is 17.9 Å². The number of anilines is 2. The number of nitrogens with zero attached hydrogens (tertiary/aromatic N) is 5. The first-order chi connectivity index (χ1) is 16.8. The Morgan fingerprint density at radius 1 is 1.11 bits per heavy atom. The van der Waals surface area contributed by atoms with Crippen LogP contribution in [0, 0.1) is 5.82 Å². The van der Waals surface area contributed by atoms with E-state index in [1.165, 1.54) is 35.9 Å². The van der Waals surface area contributed by atoms with Crippen LogP contribution in [0.15, 0.2) is 65.3 Å². The quantitative estimate of drug-likeness (QED) is 0.424. The standard InChI is InChI=1S/C23H23FN6O3S2/c1-16(30-9-7-18-19(24)3-2-4-20(18)30)22(31)29-12-10-28(11-13-29)21-6-5-17(15-26-21)35(32,33)27-23-25-8-14-34-23/h2-9,14-16H,10-13H2,1H3,(H,25,27)/t16-/m1/s1. The summed E-state index contributed by atoms with van der Waals surface area (Å²) >= 11 is 1.19. The van der Waals surface area contributed by atoms with Gasteiger partial charge in [0.05, 0.1) is 5.52 Å². The normalized spacial score (nSPS) is 15.4. The zero-order chi connectivity index (χ0) is 24.6. The second kappa shape index (κ2) is 9.27. The number of benzene rings is 1. The fourth-order valence-electron chi connectivity index (χ4n) is 4.19. The minimum Gasteiger partial charge on any atom is -0.353 e. The number of halogens is 1. The number of pyridine rings is 1. The number of sulfonamides is 1. The highest BCUT2D eigenvalue weighted by molar-refractivity contribution is 7.93. The largest absolute Gasteiger partial charge is 0.353 e. The van der Waals surface area contributed by atoms with Crippen LogP contribution in [-0.4, -0.2) is 59.9 Å². The van der Waals surface area contributed by atoms with Crippen molar-refractivity contribution in [3.05, 3.63) is 66.2 Å². The zero-order valence-electron chi connectivity index (χ0n) is 18.8. The maximum atomic E-state index is 14.0. The summed E-state index contributed by atoms with van der Waals surface area (Å²) in [6.45, 7) is 3.96. The van der Waals surface area contributed by atoms with Crippen LogP contribution in [0.25, 0.3) is 10.9 Å². The van der Waals surface area contributed by atoms with Gasteiger partial charge in [-0.15, -0.1) is 11.3 Å². The van der Waals surface area contributed by atoms with Crippen molar-refractivity contribution in [1.82, 2.24) is 19.4 Å². The summed E-state index contributed by atoms with van der Waals surface area (Å²) in [5, 5.41) is 2.47. The molecule has 9 nitrogen and oxygen atoms in total. The predicted molar refractivity (Wildman–Crippen MR) is 133 cm³/mol. The Kier molecular flexibility index (Phi) is 6.15. The van der Waals surface area contributed by atoms with E-state index in [-0.39, 0.29) is 16.6 Å². The molecule has 1 atom stereocenters. The Labute approximate surface area is 205 Å². The molecule has 3 aromatic heterocycles. The number of thiazole rings is 1. The van der Waals surface area contributed by atoms with E-state index in [2.05, 4.69) is 14.7 Å². The number of fused-ring (bicyclic) bond motifs is 1. The van der Waals surface area contributed by atoms with Gasteiger partial charge in [0, 0.05) is 55.5 Å². The molecule has 1 aliphatic rings. The van der Waals surface area contributed by atoms with Gasteiger partial charge in [-0.05, 0) is 37.3 Å². The van der Waals surface area contributed by atoms with E-state index in [0.29, 0.717) is 48.0 Å². The Balaban J connectivity index is 1.22. The first kappa shape index (κ1) is 23.2. The predicted octanol–water partition coefficient (Wildman–Crippen LogP) is 3.34. The fraction of sp³-hybridized carbons (Fsp3) is 0.261. The first-order valence-corrected chi connectivity index (χ1v) is 13.4. The van der Waals surface area contributed by atoms with E-state index < -0.39 is 16.1 Å². The number of aromatic nitrogens is 3. The lowest BCUT2D eigenvalue weighted by Gasteiger charge is -2.36. The van der Waals surface area contributed by atoms with E-state index in [4.69, 9.17) is 0 Å². The van der Waals surface area contributed by atoms with Crippen molar-refractivity contribution in [3.63, 3.8) is 0 Å². The van der Waals surface area contributed by atoms with E-state index in [9.17, 15) is 17.6 Å². The molecule has 0 bridgehead atoms. The van der Waals surface area contributed by atoms with Crippen LogP contribution >= 0.6 is 11.3 Å². The van der Waals surface area contributed by atoms with Crippen LogP contribution in [0.4, 0.5) is 15.3 Å². The van der Waals surface area contributed by atoms with Crippen molar-refractivity contribution in [1.29, 1.82) is 0 Å². The Morgan fingerprint density at radius 3 is 2.60 bits per heavy atom. The molecule has 1 aliphatic heterocycles. The van der Waals surface area contributed by atoms with Gasteiger partial charge in [0.1, 0.15) is 22.6 Å². The maximum absolute atomic E-state index is 14.0. The van der Waals surface area contributed by atoms with Crippen molar-refractivity contribution in [2.45, 2.75) is 17.9 Å². The third kappa shape index (κ3) is 4.58. The smallest absolute Gasteiger partial charge is 0.265 e. The molecule has 12 heteroatoms. The SMILES string of the molecule is C[C@H](C(=O)N1CCN(c2ccc(S(=O)(=O)Nc3nccs3)cn2)CC1)n1ccc2c(F)cccc21. The molecule has 1 N–H and O–H groups in total. The first-order valence-electron chi connectivity index (χ1n) is 11.0. The lowest BCUT2D eigenvalue weighted by Crippen LogP contribution is -2.50. The van der Waals surface area contributed by atoms with E-state index in [1.54, 1.807) is 39.2 Å². The minimum absolute atomic E-state index is 0.0333. The van der Waals surface area contributed by atoms with Crippen LogP contribution in [-0.2, 0) is 14.8 Å².